The van der Waals surface area contributed by atoms with Crippen LogP contribution >= 0.6 is 22.6 Å². The predicted molar refractivity (Wildman–Crippen MR) is 74.6 cm³/mol. The molecule has 0 aliphatic carbocycles. The molecule has 2 rings (SSSR count). The molecule has 2 aromatic carbocycles. The van der Waals surface area contributed by atoms with Crippen LogP contribution in [0.1, 0.15) is 5.56 Å². The number of aromatic hydroxyl groups is 1. The molecule has 0 bridgehead atoms. The molecule has 0 unspecified atom stereocenters. The topological polar surface area (TPSA) is 32.3 Å². The minimum Gasteiger partial charge on any atom is -0.506 e. The minimum atomic E-state index is 0.286. The summed E-state index contributed by atoms with van der Waals surface area (Å²) in [4.78, 5) is 0. The molecule has 2 N–H and O–H groups in total. The van der Waals surface area contributed by atoms with Crippen molar-refractivity contribution in [2.24, 2.45) is 0 Å². The maximum Gasteiger partial charge on any atom is 0.138 e. The molecule has 0 aliphatic rings. The van der Waals surface area contributed by atoms with Crippen LogP contribution in [0.5, 0.6) is 5.75 Å². The van der Waals surface area contributed by atoms with Gasteiger partial charge in [0.2, 0.25) is 0 Å². The van der Waals surface area contributed by atoms with Crippen molar-refractivity contribution in [1.29, 1.82) is 0 Å². The van der Waals surface area contributed by atoms with Gasteiger partial charge >= 0.3 is 0 Å². The second-order valence-corrected chi connectivity index (χ2v) is 4.62. The molecule has 0 saturated heterocycles. The number of para-hydroxylation sites is 2. The lowest BCUT2D eigenvalue weighted by Gasteiger charge is -2.09. The van der Waals surface area contributed by atoms with Crippen LogP contribution in [-0.2, 0) is 6.54 Å². The molecule has 0 heterocycles. The van der Waals surface area contributed by atoms with Gasteiger partial charge in [-0.15, -0.1) is 0 Å². The third-order valence-corrected chi connectivity index (χ3v) is 3.38. The largest absolute Gasteiger partial charge is 0.506 e. The fourth-order valence-electron chi connectivity index (χ4n) is 1.46. The summed E-state index contributed by atoms with van der Waals surface area (Å²) in [6.45, 7) is 0.719. The second-order valence-electron chi connectivity index (χ2n) is 3.46. The van der Waals surface area contributed by atoms with Gasteiger partial charge in [-0.2, -0.15) is 0 Å². The van der Waals surface area contributed by atoms with Crippen molar-refractivity contribution in [1.82, 2.24) is 0 Å². The van der Waals surface area contributed by atoms with Crippen molar-refractivity contribution in [3.8, 4) is 5.75 Å². The van der Waals surface area contributed by atoms with E-state index in [1.807, 2.05) is 30.3 Å². The molecule has 2 nitrogen and oxygen atoms in total. The van der Waals surface area contributed by atoms with E-state index in [4.69, 9.17) is 0 Å². The van der Waals surface area contributed by atoms with Gasteiger partial charge in [0.25, 0.3) is 0 Å². The summed E-state index contributed by atoms with van der Waals surface area (Å²) in [5.41, 5.74) is 1.99. The molecule has 2 aromatic rings. The molecule has 0 amide bonds. The van der Waals surface area contributed by atoms with Crippen molar-refractivity contribution < 1.29 is 5.11 Å². The van der Waals surface area contributed by atoms with Crippen LogP contribution in [-0.4, -0.2) is 5.11 Å². The van der Waals surface area contributed by atoms with E-state index in [9.17, 15) is 5.11 Å². The van der Waals surface area contributed by atoms with Crippen LogP contribution in [0.25, 0.3) is 0 Å². The first-order valence-corrected chi connectivity index (χ1v) is 6.10. The highest BCUT2D eigenvalue weighted by molar-refractivity contribution is 14.1. The third kappa shape index (κ3) is 2.66. The normalized spacial score (nSPS) is 10.1. The predicted octanol–water partition coefficient (Wildman–Crippen LogP) is 3.61. The zero-order valence-electron chi connectivity index (χ0n) is 8.65. The maximum atomic E-state index is 9.59. The third-order valence-electron chi connectivity index (χ3n) is 2.33. The molecular formula is C13H12INO. The van der Waals surface area contributed by atoms with E-state index < -0.39 is 0 Å². The number of anilines is 1. The summed E-state index contributed by atoms with van der Waals surface area (Å²) in [6.07, 6.45) is 0. The number of hydrogen-bond donors (Lipinski definition) is 2. The number of nitrogens with one attached hydrogen (secondary N) is 1. The first-order chi connectivity index (χ1) is 7.77. The molecule has 16 heavy (non-hydrogen) atoms. The first kappa shape index (κ1) is 11.3. The highest BCUT2D eigenvalue weighted by Gasteiger charge is 2.00. The SMILES string of the molecule is Oc1ccccc1NCc1ccccc1I. The molecule has 82 valence electrons. The van der Waals surface area contributed by atoms with Gasteiger partial charge in [-0.1, -0.05) is 30.3 Å². The van der Waals surface area contributed by atoms with Crippen molar-refractivity contribution >= 4 is 28.3 Å². The molecule has 0 aromatic heterocycles. The summed E-state index contributed by atoms with van der Waals surface area (Å²) in [6, 6.07) is 15.4. The molecule has 3 heteroatoms. The Bertz CT molecular complexity index is 439. The lowest BCUT2D eigenvalue weighted by atomic mass is 10.2. The van der Waals surface area contributed by atoms with Crippen LogP contribution in [0.15, 0.2) is 48.5 Å². The first-order valence-electron chi connectivity index (χ1n) is 5.02. The van der Waals surface area contributed by atoms with Crippen LogP contribution < -0.4 is 5.32 Å². The smallest absolute Gasteiger partial charge is 0.138 e. The quantitative estimate of drug-likeness (QED) is 0.667. The Morgan fingerprint density at radius 1 is 1.00 bits per heavy atom. The van der Waals surface area contributed by atoms with E-state index in [1.165, 1.54) is 9.13 Å². The zero-order valence-corrected chi connectivity index (χ0v) is 10.8. The van der Waals surface area contributed by atoms with E-state index in [2.05, 4.69) is 40.0 Å². The highest BCUT2D eigenvalue weighted by Crippen LogP contribution is 2.22. The summed E-state index contributed by atoms with van der Waals surface area (Å²) in [7, 11) is 0. The Labute approximate surface area is 108 Å². The summed E-state index contributed by atoms with van der Waals surface area (Å²) in [5, 5.41) is 12.8. The van der Waals surface area contributed by atoms with Gasteiger partial charge < -0.3 is 10.4 Å². The monoisotopic (exact) mass is 325 g/mol. The van der Waals surface area contributed by atoms with Crippen molar-refractivity contribution in [3.63, 3.8) is 0 Å². The van der Waals surface area contributed by atoms with E-state index >= 15 is 0 Å². The Morgan fingerprint density at radius 2 is 1.69 bits per heavy atom. The van der Waals surface area contributed by atoms with Crippen molar-refractivity contribution in [3.05, 3.63) is 57.7 Å². The van der Waals surface area contributed by atoms with Gasteiger partial charge in [0.05, 0.1) is 5.69 Å². The minimum absolute atomic E-state index is 0.286. The second kappa shape index (κ2) is 5.21. The Hall–Kier alpha value is -1.23. The van der Waals surface area contributed by atoms with E-state index in [-0.39, 0.29) is 5.75 Å². The lowest BCUT2D eigenvalue weighted by molar-refractivity contribution is 0.477. The van der Waals surface area contributed by atoms with Crippen LogP contribution in [0.3, 0.4) is 0 Å². The standard InChI is InChI=1S/C13H12INO/c14-11-6-2-1-5-10(11)9-15-12-7-3-4-8-13(12)16/h1-8,15-16H,9H2. The molecule has 0 saturated carbocycles. The average molecular weight is 325 g/mol. The summed E-state index contributed by atoms with van der Waals surface area (Å²) >= 11 is 2.31. The molecule has 0 aliphatic heterocycles. The van der Waals surface area contributed by atoms with Gasteiger partial charge in [-0.05, 0) is 46.4 Å². The van der Waals surface area contributed by atoms with E-state index in [1.54, 1.807) is 6.07 Å². The van der Waals surface area contributed by atoms with Gasteiger partial charge in [0, 0.05) is 10.1 Å². The summed E-state index contributed by atoms with van der Waals surface area (Å²) in [5.74, 6) is 0.286. The average Bonchev–Trinajstić information content (AvgIpc) is 2.30. The van der Waals surface area contributed by atoms with Crippen LogP contribution in [0.4, 0.5) is 5.69 Å². The number of phenolic OH excluding ortho intramolecular Hbond substituents is 1. The molecule has 0 radical (unpaired) electrons. The maximum absolute atomic E-state index is 9.59. The Balaban J connectivity index is 2.09. The summed E-state index contributed by atoms with van der Waals surface area (Å²) < 4.78 is 1.23. The fraction of sp³-hybridized carbons (Fsp3) is 0.0769. The van der Waals surface area contributed by atoms with Crippen molar-refractivity contribution in [2.45, 2.75) is 6.54 Å². The molecule has 0 atom stereocenters. The van der Waals surface area contributed by atoms with E-state index in [0.29, 0.717) is 0 Å². The van der Waals surface area contributed by atoms with Gasteiger partial charge in [-0.25, -0.2) is 0 Å². The van der Waals surface area contributed by atoms with Gasteiger partial charge in [0.1, 0.15) is 5.75 Å². The molecule has 0 spiro atoms. The van der Waals surface area contributed by atoms with Crippen LogP contribution in [0.2, 0.25) is 0 Å². The van der Waals surface area contributed by atoms with Crippen LogP contribution in [0, 0.1) is 3.57 Å². The highest BCUT2D eigenvalue weighted by atomic mass is 127. The lowest BCUT2D eigenvalue weighted by Crippen LogP contribution is -2.01. The number of benzene rings is 2. The fourth-order valence-corrected chi connectivity index (χ4v) is 2.03. The number of rotatable bonds is 3. The molecule has 0 fully saturated rings. The number of halogens is 1. The number of phenols is 1. The van der Waals surface area contributed by atoms with E-state index in [0.717, 1.165) is 12.2 Å². The zero-order chi connectivity index (χ0) is 11.4. The van der Waals surface area contributed by atoms with Crippen molar-refractivity contribution in [2.75, 3.05) is 5.32 Å². The Morgan fingerprint density at radius 3 is 2.44 bits per heavy atom. The Kier molecular flexibility index (Phi) is 3.66. The van der Waals surface area contributed by atoms with Gasteiger partial charge in [0.15, 0.2) is 0 Å². The molecular weight excluding hydrogens is 313 g/mol. The van der Waals surface area contributed by atoms with Gasteiger partial charge in [-0.3, -0.25) is 0 Å². The number of hydrogen-bond acceptors (Lipinski definition) is 2.